The van der Waals surface area contributed by atoms with Gasteiger partial charge in [0.25, 0.3) is 0 Å². The molecule has 3 nitrogen and oxygen atoms in total. The van der Waals surface area contributed by atoms with E-state index in [-0.39, 0.29) is 0 Å². The van der Waals surface area contributed by atoms with Crippen LogP contribution < -0.4 is 9.64 Å². The van der Waals surface area contributed by atoms with E-state index in [4.69, 9.17) is 4.74 Å². The number of nitrogens with zero attached hydrogens (tertiary/aromatic N) is 2. The molecule has 3 rings (SSSR count). The molecule has 0 amide bonds. The fourth-order valence-electron chi connectivity index (χ4n) is 2.89. The molecule has 2 heterocycles. The molecule has 0 aliphatic carbocycles. The lowest BCUT2D eigenvalue weighted by Crippen LogP contribution is -2.33. The summed E-state index contributed by atoms with van der Waals surface area (Å²) in [6, 6.07) is 12.6. The van der Waals surface area contributed by atoms with E-state index in [1.165, 1.54) is 5.56 Å². The Kier molecular flexibility index (Phi) is 4.44. The lowest BCUT2D eigenvalue weighted by molar-refractivity contribution is 0.412. The number of ether oxygens (including phenoxy) is 1. The highest BCUT2D eigenvalue weighted by molar-refractivity contribution is 9.10. The zero-order chi connectivity index (χ0) is 14.7. The van der Waals surface area contributed by atoms with Gasteiger partial charge in [0, 0.05) is 23.8 Å². The van der Waals surface area contributed by atoms with E-state index >= 15 is 0 Å². The van der Waals surface area contributed by atoms with Crippen molar-refractivity contribution in [2.45, 2.75) is 18.8 Å². The molecule has 0 bridgehead atoms. The zero-order valence-electron chi connectivity index (χ0n) is 12.1. The molecule has 0 saturated carbocycles. The maximum Gasteiger partial charge on any atom is 0.128 e. The summed E-state index contributed by atoms with van der Waals surface area (Å²) in [6.07, 6.45) is 4.18. The molecule has 1 aromatic heterocycles. The number of methoxy groups -OCH3 is 1. The number of benzene rings is 1. The topological polar surface area (TPSA) is 25.4 Å². The number of rotatable bonds is 3. The number of hydrogen-bond donors (Lipinski definition) is 0. The van der Waals surface area contributed by atoms with Gasteiger partial charge < -0.3 is 9.64 Å². The van der Waals surface area contributed by atoms with Crippen molar-refractivity contribution in [3.8, 4) is 5.75 Å². The lowest BCUT2D eigenvalue weighted by Gasteiger charge is -2.33. The first-order valence-corrected chi connectivity index (χ1v) is 8.06. The fraction of sp³-hybridized carbons (Fsp3) is 0.353. The van der Waals surface area contributed by atoms with Gasteiger partial charge in [-0.25, -0.2) is 4.98 Å². The largest absolute Gasteiger partial charge is 0.497 e. The zero-order valence-corrected chi connectivity index (χ0v) is 13.7. The van der Waals surface area contributed by atoms with Gasteiger partial charge in [0.15, 0.2) is 0 Å². The van der Waals surface area contributed by atoms with Crippen molar-refractivity contribution >= 4 is 21.7 Å². The minimum atomic E-state index is 0.617. The molecule has 110 valence electrons. The number of halogens is 1. The smallest absolute Gasteiger partial charge is 0.128 e. The Morgan fingerprint density at radius 2 is 2.00 bits per heavy atom. The van der Waals surface area contributed by atoms with Gasteiger partial charge in [-0.1, -0.05) is 12.1 Å². The van der Waals surface area contributed by atoms with Crippen LogP contribution in [0, 0.1) is 0 Å². The minimum absolute atomic E-state index is 0.617. The second-order valence-corrected chi connectivity index (χ2v) is 6.29. The molecule has 0 unspecified atom stereocenters. The summed E-state index contributed by atoms with van der Waals surface area (Å²) in [5, 5.41) is 0. The highest BCUT2D eigenvalue weighted by Crippen LogP contribution is 2.31. The third-order valence-electron chi connectivity index (χ3n) is 4.10. The number of aromatic nitrogens is 1. The second-order valence-electron chi connectivity index (χ2n) is 5.37. The quantitative estimate of drug-likeness (QED) is 0.831. The van der Waals surface area contributed by atoms with Crippen LogP contribution in [0.5, 0.6) is 5.75 Å². The van der Waals surface area contributed by atoms with Crippen LogP contribution >= 0.6 is 15.9 Å². The molecular formula is C17H19BrN2O. The summed E-state index contributed by atoms with van der Waals surface area (Å²) in [5.74, 6) is 2.64. The molecule has 1 saturated heterocycles. The summed E-state index contributed by atoms with van der Waals surface area (Å²) in [5.41, 5.74) is 1.39. The second kappa shape index (κ2) is 6.48. The van der Waals surface area contributed by atoms with Crippen molar-refractivity contribution in [3.63, 3.8) is 0 Å². The molecule has 1 aliphatic rings. The van der Waals surface area contributed by atoms with E-state index in [2.05, 4.69) is 56.1 Å². The van der Waals surface area contributed by atoms with Crippen molar-refractivity contribution in [1.29, 1.82) is 0 Å². The Labute approximate surface area is 134 Å². The molecule has 4 heteroatoms. The van der Waals surface area contributed by atoms with Crippen molar-refractivity contribution in [2.75, 3.05) is 25.1 Å². The van der Waals surface area contributed by atoms with E-state index in [1.54, 1.807) is 7.11 Å². The SMILES string of the molecule is COc1cccc(C2CCN(c3ccc(Br)cn3)CC2)c1. The number of hydrogen-bond acceptors (Lipinski definition) is 3. The Hall–Kier alpha value is -1.55. The van der Waals surface area contributed by atoms with Gasteiger partial charge >= 0.3 is 0 Å². The normalized spacial score (nSPS) is 16.0. The minimum Gasteiger partial charge on any atom is -0.497 e. The maximum absolute atomic E-state index is 5.32. The van der Waals surface area contributed by atoms with E-state index < -0.39 is 0 Å². The first kappa shape index (κ1) is 14.4. The van der Waals surface area contributed by atoms with Crippen molar-refractivity contribution in [1.82, 2.24) is 4.98 Å². The lowest BCUT2D eigenvalue weighted by atomic mass is 9.89. The van der Waals surface area contributed by atoms with Crippen molar-refractivity contribution in [3.05, 3.63) is 52.6 Å². The maximum atomic E-state index is 5.32. The molecule has 0 spiro atoms. The summed E-state index contributed by atoms with van der Waals surface area (Å²) in [4.78, 5) is 6.85. The number of pyridine rings is 1. The van der Waals surface area contributed by atoms with Gasteiger partial charge in [0.2, 0.25) is 0 Å². The van der Waals surface area contributed by atoms with Crippen molar-refractivity contribution in [2.24, 2.45) is 0 Å². The van der Waals surface area contributed by atoms with Gasteiger partial charge in [-0.3, -0.25) is 0 Å². The van der Waals surface area contributed by atoms with Crippen LogP contribution in [0.1, 0.15) is 24.3 Å². The van der Waals surface area contributed by atoms with Crippen LogP contribution in [0.2, 0.25) is 0 Å². The monoisotopic (exact) mass is 346 g/mol. The highest BCUT2D eigenvalue weighted by atomic mass is 79.9. The molecule has 0 radical (unpaired) electrons. The van der Waals surface area contributed by atoms with E-state index in [0.717, 1.165) is 42.0 Å². The molecule has 0 N–H and O–H groups in total. The highest BCUT2D eigenvalue weighted by Gasteiger charge is 2.21. The van der Waals surface area contributed by atoms with E-state index in [1.807, 2.05) is 12.3 Å². The van der Waals surface area contributed by atoms with Crippen LogP contribution in [0.4, 0.5) is 5.82 Å². The Morgan fingerprint density at radius 1 is 1.19 bits per heavy atom. The third kappa shape index (κ3) is 3.38. The van der Waals surface area contributed by atoms with Crippen LogP contribution in [0.3, 0.4) is 0 Å². The average Bonchev–Trinajstić information content (AvgIpc) is 2.56. The van der Waals surface area contributed by atoms with Gasteiger partial charge in [-0.15, -0.1) is 0 Å². The standard InChI is InChI=1S/C17H19BrN2O/c1-21-16-4-2-3-14(11-16)13-7-9-20(10-8-13)17-6-5-15(18)12-19-17/h2-6,11-13H,7-10H2,1H3. The van der Waals surface area contributed by atoms with E-state index in [9.17, 15) is 0 Å². The Morgan fingerprint density at radius 3 is 2.67 bits per heavy atom. The van der Waals surface area contributed by atoms with Crippen LogP contribution in [-0.2, 0) is 0 Å². The molecule has 1 aliphatic heterocycles. The fourth-order valence-corrected chi connectivity index (χ4v) is 3.13. The van der Waals surface area contributed by atoms with Crippen LogP contribution in [0.25, 0.3) is 0 Å². The predicted molar refractivity (Wildman–Crippen MR) is 89.1 cm³/mol. The number of anilines is 1. The molecular weight excluding hydrogens is 328 g/mol. The molecule has 1 fully saturated rings. The predicted octanol–water partition coefficient (Wildman–Crippen LogP) is 4.24. The van der Waals surface area contributed by atoms with Gasteiger partial charge in [-0.05, 0) is 64.5 Å². The first-order chi connectivity index (χ1) is 10.3. The Balaban J connectivity index is 1.65. The van der Waals surface area contributed by atoms with Gasteiger partial charge in [0.1, 0.15) is 11.6 Å². The molecule has 21 heavy (non-hydrogen) atoms. The first-order valence-electron chi connectivity index (χ1n) is 7.27. The summed E-state index contributed by atoms with van der Waals surface area (Å²) in [7, 11) is 1.72. The van der Waals surface area contributed by atoms with Gasteiger partial charge in [0.05, 0.1) is 7.11 Å². The van der Waals surface area contributed by atoms with Gasteiger partial charge in [-0.2, -0.15) is 0 Å². The molecule has 2 aromatic rings. The van der Waals surface area contributed by atoms with E-state index in [0.29, 0.717) is 5.92 Å². The Bertz CT molecular complexity index is 592. The average molecular weight is 347 g/mol. The molecule has 0 atom stereocenters. The molecule has 1 aromatic carbocycles. The third-order valence-corrected chi connectivity index (χ3v) is 4.57. The number of piperidine rings is 1. The summed E-state index contributed by atoms with van der Waals surface area (Å²) >= 11 is 3.43. The summed E-state index contributed by atoms with van der Waals surface area (Å²) in [6.45, 7) is 2.10. The van der Waals surface area contributed by atoms with Crippen molar-refractivity contribution < 1.29 is 4.74 Å². The summed E-state index contributed by atoms with van der Waals surface area (Å²) < 4.78 is 6.35. The van der Waals surface area contributed by atoms with Crippen LogP contribution in [0.15, 0.2) is 47.1 Å². The van der Waals surface area contributed by atoms with Crippen LogP contribution in [-0.4, -0.2) is 25.2 Å².